The first-order valence-corrected chi connectivity index (χ1v) is 8.17. The second-order valence-corrected chi connectivity index (χ2v) is 6.40. The summed E-state index contributed by atoms with van der Waals surface area (Å²) in [7, 11) is 4.22. The monoisotopic (exact) mass is 326 g/mol. The quantitative estimate of drug-likeness (QED) is 0.699. The molecule has 8 heteroatoms. The highest BCUT2D eigenvalue weighted by atomic mass is 15.7. The summed E-state index contributed by atoms with van der Waals surface area (Å²) in [4.78, 5) is 9.45. The fourth-order valence-electron chi connectivity index (χ4n) is 3.14. The molecule has 0 unspecified atom stereocenters. The van der Waals surface area contributed by atoms with Gasteiger partial charge in [-0.25, -0.2) is 14.7 Å². The molecular formula is C16H22N8. The molecule has 0 N–H and O–H groups in total. The molecule has 0 saturated heterocycles. The van der Waals surface area contributed by atoms with E-state index >= 15 is 0 Å². The average molecular weight is 326 g/mol. The van der Waals surface area contributed by atoms with Crippen LogP contribution in [0.15, 0.2) is 36.9 Å². The van der Waals surface area contributed by atoms with E-state index in [1.54, 1.807) is 12.7 Å². The highest BCUT2D eigenvalue weighted by Crippen LogP contribution is 2.27. The normalized spacial score (nSPS) is 15.4. The van der Waals surface area contributed by atoms with Gasteiger partial charge < -0.3 is 4.90 Å². The van der Waals surface area contributed by atoms with Crippen LogP contribution >= 0.6 is 0 Å². The Morgan fingerprint density at radius 3 is 2.67 bits per heavy atom. The first-order chi connectivity index (χ1) is 11.7. The lowest BCUT2D eigenvalue weighted by Crippen LogP contribution is -2.47. The van der Waals surface area contributed by atoms with Crippen LogP contribution in [0.1, 0.15) is 6.42 Å². The van der Waals surface area contributed by atoms with Gasteiger partial charge in [-0.2, -0.15) is 0 Å². The van der Waals surface area contributed by atoms with Gasteiger partial charge in [0.05, 0.1) is 24.4 Å². The van der Waals surface area contributed by atoms with E-state index in [2.05, 4.69) is 61.9 Å². The minimum Gasteiger partial charge on any atom is -0.309 e. The largest absolute Gasteiger partial charge is 0.309 e. The average Bonchev–Trinajstić information content (AvgIpc) is 3.21. The molecule has 0 spiro atoms. The molecule has 0 saturated carbocycles. The molecule has 0 radical (unpaired) electrons. The number of anilines is 1. The van der Waals surface area contributed by atoms with Gasteiger partial charge >= 0.3 is 0 Å². The second-order valence-electron chi connectivity index (χ2n) is 6.40. The Hall–Kier alpha value is -2.45. The summed E-state index contributed by atoms with van der Waals surface area (Å²) in [6, 6.07) is 8.27. The van der Waals surface area contributed by atoms with Crippen molar-refractivity contribution in [2.24, 2.45) is 0 Å². The van der Waals surface area contributed by atoms with E-state index in [-0.39, 0.29) is 0 Å². The van der Waals surface area contributed by atoms with Gasteiger partial charge in [0.15, 0.2) is 0 Å². The first-order valence-electron chi connectivity index (χ1n) is 8.17. The third-order valence-electron chi connectivity index (χ3n) is 4.31. The molecule has 126 valence electrons. The molecular weight excluding hydrogens is 304 g/mol. The molecule has 24 heavy (non-hydrogen) atoms. The predicted molar refractivity (Wildman–Crippen MR) is 92.4 cm³/mol. The zero-order valence-corrected chi connectivity index (χ0v) is 14.1. The summed E-state index contributed by atoms with van der Waals surface area (Å²) in [6.45, 7) is 3.74. The van der Waals surface area contributed by atoms with Crippen molar-refractivity contribution in [2.75, 3.05) is 38.9 Å². The van der Waals surface area contributed by atoms with Crippen molar-refractivity contribution in [3.63, 3.8) is 0 Å². The molecule has 8 nitrogen and oxygen atoms in total. The van der Waals surface area contributed by atoms with E-state index in [9.17, 15) is 0 Å². The zero-order chi connectivity index (χ0) is 16.5. The SMILES string of the molecule is CN(C)CCCN1CN(n2cnnc2)c2nc3ccccc3n2C1. The van der Waals surface area contributed by atoms with Crippen LogP contribution in [-0.4, -0.2) is 68.1 Å². The van der Waals surface area contributed by atoms with Gasteiger partial charge in [-0.05, 0) is 39.2 Å². The van der Waals surface area contributed by atoms with Crippen molar-refractivity contribution < 1.29 is 0 Å². The number of nitrogens with zero attached hydrogens (tertiary/aromatic N) is 8. The van der Waals surface area contributed by atoms with Crippen molar-refractivity contribution in [3.05, 3.63) is 36.9 Å². The number of hydrogen-bond donors (Lipinski definition) is 0. The van der Waals surface area contributed by atoms with Crippen molar-refractivity contribution in [1.29, 1.82) is 0 Å². The molecule has 1 aliphatic rings. The number of benzene rings is 1. The van der Waals surface area contributed by atoms with E-state index in [4.69, 9.17) is 4.98 Å². The summed E-state index contributed by atoms with van der Waals surface area (Å²) in [5.41, 5.74) is 2.17. The van der Waals surface area contributed by atoms with Crippen molar-refractivity contribution in [1.82, 2.24) is 34.2 Å². The number of hydrogen-bond acceptors (Lipinski definition) is 6. The summed E-state index contributed by atoms with van der Waals surface area (Å²) in [5.74, 6) is 0.930. The Balaban J connectivity index is 1.67. The summed E-state index contributed by atoms with van der Waals surface area (Å²) < 4.78 is 4.16. The maximum absolute atomic E-state index is 4.81. The number of rotatable bonds is 5. The standard InChI is InChI=1S/C16H22N8/c1-20(2)8-5-9-21-12-23-15-7-4-3-6-14(15)19-16(23)24(13-21)22-10-17-18-11-22/h3-4,6-7,10-11H,5,8-9,12-13H2,1-2H3. The lowest BCUT2D eigenvalue weighted by Gasteiger charge is -2.36. The van der Waals surface area contributed by atoms with Gasteiger partial charge in [-0.3, -0.25) is 9.47 Å². The van der Waals surface area contributed by atoms with Crippen LogP contribution in [0.3, 0.4) is 0 Å². The van der Waals surface area contributed by atoms with E-state index in [1.807, 2.05) is 10.7 Å². The first kappa shape index (κ1) is 15.1. The summed E-state index contributed by atoms with van der Waals surface area (Å²) in [6.07, 6.45) is 4.56. The third-order valence-corrected chi connectivity index (χ3v) is 4.31. The fraction of sp³-hybridized carbons (Fsp3) is 0.438. The lowest BCUT2D eigenvalue weighted by molar-refractivity contribution is 0.182. The van der Waals surface area contributed by atoms with Gasteiger partial charge in [-0.15, -0.1) is 10.2 Å². The molecule has 1 aromatic carbocycles. The maximum atomic E-state index is 4.81. The molecule has 0 bridgehead atoms. The van der Waals surface area contributed by atoms with Crippen molar-refractivity contribution in [2.45, 2.75) is 13.1 Å². The molecule has 3 aromatic rings. The molecule has 4 rings (SSSR count). The lowest BCUT2D eigenvalue weighted by atomic mass is 10.3. The Labute approximate surface area is 140 Å². The smallest absolute Gasteiger partial charge is 0.228 e. The van der Waals surface area contributed by atoms with E-state index in [0.29, 0.717) is 0 Å². The second kappa shape index (κ2) is 6.21. The van der Waals surface area contributed by atoms with Crippen LogP contribution in [0.25, 0.3) is 11.0 Å². The van der Waals surface area contributed by atoms with Gasteiger partial charge in [-0.1, -0.05) is 12.1 Å². The fourth-order valence-corrected chi connectivity index (χ4v) is 3.14. The molecule has 0 atom stereocenters. The predicted octanol–water partition coefficient (Wildman–Crippen LogP) is 1.08. The van der Waals surface area contributed by atoms with Crippen molar-refractivity contribution >= 4 is 17.0 Å². The molecule has 0 amide bonds. The number of imidazole rings is 1. The molecule has 2 aromatic heterocycles. The number of fused-ring (bicyclic) bond motifs is 3. The minimum absolute atomic E-state index is 0.773. The summed E-state index contributed by atoms with van der Waals surface area (Å²) in [5, 5.41) is 10.00. The maximum Gasteiger partial charge on any atom is 0.228 e. The Morgan fingerprint density at radius 2 is 1.88 bits per heavy atom. The third kappa shape index (κ3) is 2.74. The Bertz CT molecular complexity index is 807. The van der Waals surface area contributed by atoms with Crippen LogP contribution in [0.2, 0.25) is 0 Å². The van der Waals surface area contributed by atoms with E-state index in [0.717, 1.165) is 49.8 Å². The number of para-hydroxylation sites is 2. The Kier molecular flexibility index (Phi) is 3.91. The highest BCUT2D eigenvalue weighted by Gasteiger charge is 2.26. The topological polar surface area (TPSA) is 58.2 Å². The molecule has 0 aliphatic carbocycles. The van der Waals surface area contributed by atoms with Gasteiger partial charge in [0.2, 0.25) is 5.95 Å². The van der Waals surface area contributed by atoms with Crippen LogP contribution in [0, 0.1) is 0 Å². The van der Waals surface area contributed by atoms with Gasteiger partial charge in [0.25, 0.3) is 0 Å². The highest BCUT2D eigenvalue weighted by molar-refractivity contribution is 5.78. The van der Waals surface area contributed by atoms with E-state index < -0.39 is 0 Å². The minimum atomic E-state index is 0.773. The molecule has 0 fully saturated rings. The molecule has 3 heterocycles. The van der Waals surface area contributed by atoms with E-state index in [1.165, 1.54) is 0 Å². The van der Waals surface area contributed by atoms with Crippen LogP contribution in [-0.2, 0) is 6.67 Å². The Morgan fingerprint density at radius 1 is 1.08 bits per heavy atom. The molecule has 1 aliphatic heterocycles. The zero-order valence-electron chi connectivity index (χ0n) is 14.1. The summed E-state index contributed by atoms with van der Waals surface area (Å²) >= 11 is 0. The van der Waals surface area contributed by atoms with Crippen LogP contribution in [0.5, 0.6) is 0 Å². The van der Waals surface area contributed by atoms with Gasteiger partial charge in [0, 0.05) is 6.54 Å². The van der Waals surface area contributed by atoms with Crippen molar-refractivity contribution in [3.8, 4) is 0 Å². The van der Waals surface area contributed by atoms with Crippen LogP contribution in [0.4, 0.5) is 5.95 Å². The number of aromatic nitrogens is 5. The van der Waals surface area contributed by atoms with Gasteiger partial charge in [0.1, 0.15) is 12.7 Å². The van der Waals surface area contributed by atoms with Crippen LogP contribution < -0.4 is 5.01 Å².